The van der Waals surface area contributed by atoms with Gasteiger partial charge in [0, 0.05) is 24.5 Å². The number of aryl methyl sites for hydroxylation is 1. The van der Waals surface area contributed by atoms with E-state index in [1.807, 2.05) is 0 Å². The predicted octanol–water partition coefficient (Wildman–Crippen LogP) is 2.12. The summed E-state index contributed by atoms with van der Waals surface area (Å²) in [4.78, 5) is 28.7. The molecule has 0 bridgehead atoms. The van der Waals surface area contributed by atoms with E-state index in [4.69, 9.17) is 16.7 Å². The minimum atomic E-state index is -0.911. The molecule has 0 aliphatic heterocycles. The van der Waals surface area contributed by atoms with E-state index < -0.39 is 5.97 Å². The lowest BCUT2D eigenvalue weighted by Gasteiger charge is -2.22. The van der Waals surface area contributed by atoms with Crippen molar-refractivity contribution in [2.24, 2.45) is 0 Å². The van der Waals surface area contributed by atoms with Crippen LogP contribution in [-0.2, 0) is 4.79 Å². The smallest absolute Gasteiger partial charge is 0.305 e. The molecule has 0 radical (unpaired) electrons. The van der Waals surface area contributed by atoms with Gasteiger partial charge in [-0.25, -0.2) is 0 Å². The van der Waals surface area contributed by atoms with Crippen LogP contribution in [0.3, 0.4) is 0 Å². The predicted molar refractivity (Wildman–Crippen MR) is 70.3 cm³/mol. The maximum Gasteiger partial charge on any atom is 0.305 e. The molecule has 0 unspecified atom stereocenters. The van der Waals surface area contributed by atoms with E-state index in [9.17, 15) is 9.59 Å². The van der Waals surface area contributed by atoms with Crippen molar-refractivity contribution >= 4 is 23.5 Å². The number of hydrogen-bond acceptors (Lipinski definition) is 3. The van der Waals surface area contributed by atoms with Gasteiger partial charge in [0.25, 0.3) is 5.91 Å². The zero-order valence-corrected chi connectivity index (χ0v) is 11.4. The lowest BCUT2D eigenvalue weighted by Crippen LogP contribution is -2.35. The molecule has 0 atom stereocenters. The number of carbonyl (C=O) groups excluding carboxylic acids is 1. The number of amides is 1. The average Bonchev–Trinajstić information content (AvgIpc) is 3.13. The summed E-state index contributed by atoms with van der Waals surface area (Å²) in [6.07, 6.45) is 3.24. The minimum absolute atomic E-state index is 0.0564. The third-order valence-electron chi connectivity index (χ3n) is 3.04. The van der Waals surface area contributed by atoms with E-state index in [0.29, 0.717) is 10.6 Å². The molecule has 5 nitrogen and oxygen atoms in total. The first-order chi connectivity index (χ1) is 8.99. The summed E-state index contributed by atoms with van der Waals surface area (Å²) in [5.41, 5.74) is 1.08. The Morgan fingerprint density at radius 3 is 2.74 bits per heavy atom. The third kappa shape index (κ3) is 3.44. The molecule has 19 heavy (non-hydrogen) atoms. The molecule has 1 aromatic rings. The highest BCUT2D eigenvalue weighted by atomic mass is 35.5. The highest BCUT2D eigenvalue weighted by Gasteiger charge is 2.33. The standard InChI is InChI=1S/C13H15ClN2O3/c1-8-6-11(14)10(7-15-8)13(19)16(9-2-3-9)5-4-12(17)18/h6-7,9H,2-5H2,1H3,(H,17,18). The third-order valence-corrected chi connectivity index (χ3v) is 3.35. The number of halogens is 1. The summed E-state index contributed by atoms with van der Waals surface area (Å²) in [6.45, 7) is 2.01. The molecular formula is C13H15ClN2O3. The number of carboxylic acids is 1. The van der Waals surface area contributed by atoms with Gasteiger partial charge in [-0.3, -0.25) is 14.6 Å². The van der Waals surface area contributed by atoms with Crippen molar-refractivity contribution in [3.63, 3.8) is 0 Å². The van der Waals surface area contributed by atoms with E-state index in [1.165, 1.54) is 6.20 Å². The highest BCUT2D eigenvalue weighted by molar-refractivity contribution is 6.33. The molecule has 1 amide bonds. The van der Waals surface area contributed by atoms with Gasteiger partial charge in [0.2, 0.25) is 0 Å². The molecule has 1 aliphatic rings. The van der Waals surface area contributed by atoms with Gasteiger partial charge in [-0.2, -0.15) is 0 Å². The highest BCUT2D eigenvalue weighted by Crippen LogP contribution is 2.29. The van der Waals surface area contributed by atoms with E-state index in [1.54, 1.807) is 17.9 Å². The van der Waals surface area contributed by atoms with Crippen LogP contribution >= 0.6 is 11.6 Å². The fraction of sp³-hybridized carbons (Fsp3) is 0.462. The van der Waals surface area contributed by atoms with Crippen LogP contribution in [0.25, 0.3) is 0 Å². The fourth-order valence-electron chi connectivity index (χ4n) is 1.89. The molecule has 1 saturated carbocycles. The first kappa shape index (κ1) is 13.8. The molecule has 102 valence electrons. The monoisotopic (exact) mass is 282 g/mol. The molecule has 1 aromatic heterocycles. The molecule has 1 heterocycles. The van der Waals surface area contributed by atoms with Crippen molar-refractivity contribution in [1.29, 1.82) is 0 Å². The second-order valence-electron chi connectivity index (χ2n) is 4.68. The van der Waals surface area contributed by atoms with Crippen molar-refractivity contribution in [2.45, 2.75) is 32.2 Å². The van der Waals surface area contributed by atoms with Crippen LogP contribution in [0.4, 0.5) is 0 Å². The van der Waals surface area contributed by atoms with Gasteiger partial charge < -0.3 is 10.0 Å². The molecule has 1 aliphatic carbocycles. The topological polar surface area (TPSA) is 70.5 Å². The molecule has 0 saturated heterocycles. The SMILES string of the molecule is Cc1cc(Cl)c(C(=O)N(CCC(=O)O)C2CC2)cn1. The second kappa shape index (κ2) is 5.57. The molecule has 6 heteroatoms. The molecule has 1 N–H and O–H groups in total. The van der Waals surface area contributed by atoms with Gasteiger partial charge >= 0.3 is 5.97 Å². The Morgan fingerprint density at radius 2 is 2.21 bits per heavy atom. The van der Waals surface area contributed by atoms with Crippen LogP contribution in [0.2, 0.25) is 5.02 Å². The summed E-state index contributed by atoms with van der Waals surface area (Å²) in [5.74, 6) is -1.15. The second-order valence-corrected chi connectivity index (χ2v) is 5.09. The van der Waals surface area contributed by atoms with E-state index in [0.717, 1.165) is 18.5 Å². The summed E-state index contributed by atoms with van der Waals surface area (Å²) < 4.78 is 0. The van der Waals surface area contributed by atoms with Crippen LogP contribution in [0.5, 0.6) is 0 Å². The van der Waals surface area contributed by atoms with Gasteiger partial charge in [0.05, 0.1) is 17.0 Å². The summed E-state index contributed by atoms with van der Waals surface area (Å²) in [7, 11) is 0. The van der Waals surface area contributed by atoms with Gasteiger partial charge in [0.15, 0.2) is 0 Å². The number of rotatable bonds is 5. The lowest BCUT2D eigenvalue weighted by atomic mass is 10.2. The van der Waals surface area contributed by atoms with Crippen LogP contribution in [0.15, 0.2) is 12.3 Å². The molecule has 0 spiro atoms. The first-order valence-electron chi connectivity index (χ1n) is 6.14. The van der Waals surface area contributed by atoms with E-state index in [-0.39, 0.29) is 24.9 Å². The Kier molecular flexibility index (Phi) is 4.04. The number of nitrogens with zero attached hydrogens (tertiary/aromatic N) is 2. The van der Waals surface area contributed by atoms with Crippen molar-refractivity contribution in [3.8, 4) is 0 Å². The number of carbonyl (C=O) groups is 2. The van der Waals surface area contributed by atoms with E-state index >= 15 is 0 Å². The Hall–Kier alpha value is -1.62. The molecular weight excluding hydrogens is 268 g/mol. The number of hydrogen-bond donors (Lipinski definition) is 1. The zero-order chi connectivity index (χ0) is 14.0. The summed E-state index contributed by atoms with van der Waals surface area (Å²) >= 11 is 6.05. The Labute approximate surface area is 116 Å². The fourth-order valence-corrected chi connectivity index (χ4v) is 2.18. The Bertz CT molecular complexity index is 515. The maximum absolute atomic E-state index is 12.4. The summed E-state index contributed by atoms with van der Waals surface area (Å²) in [6, 6.07) is 1.78. The van der Waals surface area contributed by atoms with Gasteiger partial charge in [0.1, 0.15) is 0 Å². The van der Waals surface area contributed by atoms with Crippen molar-refractivity contribution in [2.75, 3.05) is 6.54 Å². The number of aromatic nitrogens is 1. The van der Waals surface area contributed by atoms with Crippen molar-refractivity contribution in [3.05, 3.63) is 28.5 Å². The molecule has 1 fully saturated rings. The van der Waals surface area contributed by atoms with Crippen LogP contribution in [0.1, 0.15) is 35.3 Å². The number of pyridine rings is 1. The van der Waals surface area contributed by atoms with Crippen LogP contribution in [-0.4, -0.2) is 39.5 Å². The van der Waals surface area contributed by atoms with Gasteiger partial charge in [-0.15, -0.1) is 0 Å². The van der Waals surface area contributed by atoms with E-state index in [2.05, 4.69) is 4.98 Å². The van der Waals surface area contributed by atoms with Gasteiger partial charge in [-0.1, -0.05) is 11.6 Å². The average molecular weight is 283 g/mol. The molecule has 0 aromatic carbocycles. The summed E-state index contributed by atoms with van der Waals surface area (Å²) in [5, 5.41) is 9.09. The first-order valence-corrected chi connectivity index (χ1v) is 6.51. The van der Waals surface area contributed by atoms with Gasteiger partial charge in [-0.05, 0) is 25.8 Å². The number of aliphatic carboxylic acids is 1. The maximum atomic E-state index is 12.4. The van der Waals surface area contributed by atoms with Crippen LogP contribution < -0.4 is 0 Å². The largest absolute Gasteiger partial charge is 0.481 e. The quantitative estimate of drug-likeness (QED) is 0.898. The normalized spacial score (nSPS) is 14.2. The Balaban J connectivity index is 2.16. The van der Waals surface area contributed by atoms with Crippen molar-refractivity contribution < 1.29 is 14.7 Å². The Morgan fingerprint density at radius 1 is 1.53 bits per heavy atom. The van der Waals surface area contributed by atoms with Crippen LogP contribution in [0, 0.1) is 6.92 Å². The minimum Gasteiger partial charge on any atom is -0.481 e. The van der Waals surface area contributed by atoms with Crippen molar-refractivity contribution in [1.82, 2.24) is 9.88 Å². The zero-order valence-electron chi connectivity index (χ0n) is 10.6. The lowest BCUT2D eigenvalue weighted by molar-refractivity contribution is -0.137. The molecule has 2 rings (SSSR count). The number of carboxylic acid groups (broad SMARTS) is 1.